The summed E-state index contributed by atoms with van der Waals surface area (Å²) in [6.45, 7) is 3.28. The first-order chi connectivity index (χ1) is 14.4. The van der Waals surface area contributed by atoms with Crippen LogP contribution in [0.15, 0.2) is 58.4 Å². The summed E-state index contributed by atoms with van der Waals surface area (Å²) in [4.78, 5) is 18.8. The smallest absolute Gasteiger partial charge is 0.263 e. The fraction of sp³-hybridized carbons (Fsp3) is 0.391. The fourth-order valence-corrected chi connectivity index (χ4v) is 4.69. The van der Waals surface area contributed by atoms with E-state index in [0.29, 0.717) is 30.9 Å². The van der Waals surface area contributed by atoms with E-state index in [9.17, 15) is 13.2 Å². The van der Waals surface area contributed by atoms with Crippen LogP contribution in [-0.2, 0) is 27.8 Å². The van der Waals surface area contributed by atoms with Crippen molar-refractivity contribution in [2.45, 2.75) is 50.5 Å². The molecule has 0 radical (unpaired) electrons. The number of carbonyl (C=O) groups excluding carboxylic acids is 1. The molecule has 160 valence electrons. The third-order valence-corrected chi connectivity index (χ3v) is 6.66. The molecule has 1 aliphatic heterocycles. The Morgan fingerprint density at radius 3 is 2.43 bits per heavy atom. The Morgan fingerprint density at radius 2 is 1.70 bits per heavy atom. The van der Waals surface area contributed by atoms with Gasteiger partial charge in [-0.25, -0.2) is 8.42 Å². The maximum atomic E-state index is 12.3. The summed E-state index contributed by atoms with van der Waals surface area (Å²) in [5.74, 6) is 0.550. The zero-order valence-corrected chi connectivity index (χ0v) is 18.4. The lowest BCUT2D eigenvalue weighted by Gasteiger charge is -2.17. The number of benzene rings is 2. The van der Waals surface area contributed by atoms with E-state index in [1.807, 2.05) is 7.05 Å². The minimum absolute atomic E-state index is 0.137. The maximum absolute atomic E-state index is 12.3. The summed E-state index contributed by atoms with van der Waals surface area (Å²) in [6.07, 6.45) is 4.00. The number of hydrogen-bond donors (Lipinski definition) is 1. The molecule has 0 spiro atoms. The fourth-order valence-electron chi connectivity index (χ4n) is 3.44. The molecule has 0 saturated carbocycles. The number of amides is 1. The molecule has 7 heteroatoms. The molecule has 0 saturated heterocycles. The van der Waals surface area contributed by atoms with Crippen molar-refractivity contribution in [3.63, 3.8) is 0 Å². The molecular formula is C23H29N3O3S. The summed E-state index contributed by atoms with van der Waals surface area (Å²) in [7, 11) is -1.64. The van der Waals surface area contributed by atoms with Crippen LogP contribution < -0.4 is 4.72 Å². The van der Waals surface area contributed by atoms with Crippen molar-refractivity contribution in [1.82, 2.24) is 9.62 Å². The van der Waals surface area contributed by atoms with Crippen LogP contribution in [0.2, 0.25) is 0 Å². The molecule has 1 aliphatic rings. The number of fused-ring (bicyclic) bond motifs is 1. The quantitative estimate of drug-likeness (QED) is 0.622. The number of amidine groups is 1. The van der Waals surface area contributed by atoms with Crippen LogP contribution in [0, 0.1) is 0 Å². The lowest BCUT2D eigenvalue weighted by Crippen LogP contribution is -2.25. The maximum Gasteiger partial charge on any atom is 0.263 e. The minimum Gasteiger partial charge on any atom is -0.341 e. The van der Waals surface area contributed by atoms with E-state index >= 15 is 0 Å². The van der Waals surface area contributed by atoms with Crippen LogP contribution in [0.5, 0.6) is 0 Å². The molecule has 0 fully saturated rings. The lowest BCUT2D eigenvalue weighted by atomic mass is 10.1. The van der Waals surface area contributed by atoms with Gasteiger partial charge in [0.05, 0.1) is 4.90 Å². The van der Waals surface area contributed by atoms with E-state index in [1.54, 1.807) is 29.2 Å². The highest BCUT2D eigenvalue weighted by atomic mass is 32.2. The van der Waals surface area contributed by atoms with Crippen molar-refractivity contribution in [3.8, 4) is 0 Å². The number of nitrogens with one attached hydrogen (secondary N) is 1. The standard InChI is InChI=1S/C23H29N3O3S/c1-3-18-12-14-19(15-13-18)17-26(2)22(27)11-5-4-8-16-24-23-20-9-6-7-10-21(20)30(28,29)25-23/h6-7,9-10,12-15H,3-5,8,11,16-17H2,1-2H3,(H,24,25). The Morgan fingerprint density at radius 1 is 1.00 bits per heavy atom. The van der Waals surface area contributed by atoms with Gasteiger partial charge in [-0.15, -0.1) is 0 Å². The van der Waals surface area contributed by atoms with Crippen LogP contribution in [-0.4, -0.2) is 38.7 Å². The van der Waals surface area contributed by atoms with Crippen LogP contribution in [0.25, 0.3) is 0 Å². The second kappa shape index (κ2) is 9.89. The zero-order valence-electron chi connectivity index (χ0n) is 17.6. The average Bonchev–Trinajstić information content (AvgIpc) is 3.01. The van der Waals surface area contributed by atoms with E-state index in [1.165, 1.54) is 5.56 Å². The van der Waals surface area contributed by atoms with Crippen molar-refractivity contribution < 1.29 is 13.2 Å². The molecule has 0 atom stereocenters. The van der Waals surface area contributed by atoms with Gasteiger partial charge in [-0.1, -0.05) is 49.7 Å². The van der Waals surface area contributed by atoms with Crippen molar-refractivity contribution in [1.29, 1.82) is 0 Å². The summed E-state index contributed by atoms with van der Waals surface area (Å²) in [5.41, 5.74) is 3.06. The van der Waals surface area contributed by atoms with Crippen molar-refractivity contribution in [3.05, 3.63) is 65.2 Å². The molecular weight excluding hydrogens is 398 g/mol. The molecule has 0 unspecified atom stereocenters. The van der Waals surface area contributed by atoms with Gasteiger partial charge in [0.15, 0.2) is 0 Å². The van der Waals surface area contributed by atoms with E-state index in [-0.39, 0.29) is 10.8 Å². The summed E-state index contributed by atoms with van der Waals surface area (Å²) >= 11 is 0. The summed E-state index contributed by atoms with van der Waals surface area (Å²) in [6, 6.07) is 15.2. The predicted molar refractivity (Wildman–Crippen MR) is 119 cm³/mol. The Bertz CT molecular complexity index is 1010. The van der Waals surface area contributed by atoms with Gasteiger partial charge >= 0.3 is 0 Å². The van der Waals surface area contributed by atoms with Gasteiger partial charge in [0.25, 0.3) is 10.0 Å². The molecule has 2 aromatic rings. The first-order valence-corrected chi connectivity index (χ1v) is 11.9. The number of nitrogens with zero attached hydrogens (tertiary/aromatic N) is 2. The van der Waals surface area contributed by atoms with Crippen LogP contribution in [0.3, 0.4) is 0 Å². The molecule has 0 bridgehead atoms. The second-order valence-electron chi connectivity index (χ2n) is 7.56. The van der Waals surface area contributed by atoms with Crippen molar-refractivity contribution in [2.75, 3.05) is 13.6 Å². The van der Waals surface area contributed by atoms with Gasteiger partial charge in [0, 0.05) is 32.1 Å². The molecule has 0 aromatic heterocycles. The molecule has 1 N–H and O–H groups in total. The second-order valence-corrected chi connectivity index (χ2v) is 9.21. The Hall–Kier alpha value is -2.67. The van der Waals surface area contributed by atoms with Crippen molar-refractivity contribution in [2.24, 2.45) is 4.99 Å². The number of aliphatic imine (C=N–C) groups is 1. The number of sulfonamides is 1. The SMILES string of the molecule is CCc1ccc(CN(C)C(=O)CCCCCN=C2NS(=O)(=O)c3ccccc32)cc1. The van der Waals surface area contributed by atoms with Crippen LogP contribution >= 0.6 is 0 Å². The largest absolute Gasteiger partial charge is 0.341 e. The number of unbranched alkanes of at least 4 members (excludes halogenated alkanes) is 2. The van der Waals surface area contributed by atoms with Gasteiger partial charge < -0.3 is 4.90 Å². The third-order valence-electron chi connectivity index (χ3n) is 5.26. The first-order valence-electron chi connectivity index (χ1n) is 10.4. The van der Waals surface area contributed by atoms with Gasteiger partial charge in [-0.3, -0.25) is 14.5 Å². The number of aryl methyl sites for hydroxylation is 1. The number of rotatable bonds is 9. The van der Waals surface area contributed by atoms with Crippen LogP contribution in [0.4, 0.5) is 0 Å². The molecule has 2 aromatic carbocycles. The zero-order chi connectivity index (χ0) is 21.6. The van der Waals surface area contributed by atoms with Crippen molar-refractivity contribution >= 4 is 21.8 Å². The minimum atomic E-state index is -3.48. The topological polar surface area (TPSA) is 78.8 Å². The van der Waals surface area contributed by atoms with Gasteiger partial charge in [-0.2, -0.15) is 0 Å². The molecule has 1 amide bonds. The number of hydrogen-bond acceptors (Lipinski definition) is 4. The molecule has 1 heterocycles. The van der Waals surface area contributed by atoms with Gasteiger partial charge in [-0.05, 0) is 42.5 Å². The predicted octanol–water partition coefficient (Wildman–Crippen LogP) is 3.51. The Balaban J connectivity index is 1.39. The first kappa shape index (κ1) is 22.0. The third kappa shape index (κ3) is 5.48. The molecule has 3 rings (SSSR count). The molecule has 6 nitrogen and oxygen atoms in total. The Labute approximate surface area is 179 Å². The highest BCUT2D eigenvalue weighted by Gasteiger charge is 2.29. The monoisotopic (exact) mass is 427 g/mol. The molecule has 30 heavy (non-hydrogen) atoms. The van der Waals surface area contributed by atoms with E-state index in [2.05, 4.69) is 40.9 Å². The highest BCUT2D eigenvalue weighted by Crippen LogP contribution is 2.22. The molecule has 0 aliphatic carbocycles. The van der Waals surface area contributed by atoms with E-state index in [4.69, 9.17) is 0 Å². The van der Waals surface area contributed by atoms with E-state index in [0.717, 1.165) is 31.2 Å². The average molecular weight is 428 g/mol. The van der Waals surface area contributed by atoms with Crippen LogP contribution in [0.1, 0.15) is 49.3 Å². The number of carbonyl (C=O) groups is 1. The highest BCUT2D eigenvalue weighted by molar-refractivity contribution is 7.90. The van der Waals surface area contributed by atoms with Gasteiger partial charge in [0.1, 0.15) is 5.84 Å². The Kier molecular flexibility index (Phi) is 7.26. The summed E-state index contributed by atoms with van der Waals surface area (Å²) in [5, 5.41) is 0. The van der Waals surface area contributed by atoms with E-state index < -0.39 is 10.0 Å². The normalized spacial score (nSPS) is 15.6. The lowest BCUT2D eigenvalue weighted by molar-refractivity contribution is -0.130. The van der Waals surface area contributed by atoms with Gasteiger partial charge in [0.2, 0.25) is 5.91 Å². The summed E-state index contributed by atoms with van der Waals surface area (Å²) < 4.78 is 26.6.